The number of carbonyl (C=O) groups excluding carboxylic acids is 1. The van der Waals surface area contributed by atoms with Gasteiger partial charge in [-0.1, -0.05) is 6.07 Å². The number of ketones is 1. The third-order valence-corrected chi connectivity index (χ3v) is 4.46. The summed E-state index contributed by atoms with van der Waals surface area (Å²) in [6.07, 6.45) is 1.03. The number of nitrogens with zero attached hydrogens (tertiary/aromatic N) is 3. The van der Waals surface area contributed by atoms with E-state index in [1.807, 2.05) is 13.0 Å². The molecule has 0 N–H and O–H groups in total. The number of Topliss-reactive ketones (excluding diaryl/α,β-unsaturated/α-hetero) is 1. The summed E-state index contributed by atoms with van der Waals surface area (Å²) in [5.41, 5.74) is 0.562. The summed E-state index contributed by atoms with van der Waals surface area (Å²) in [6, 6.07) is 2.85. The summed E-state index contributed by atoms with van der Waals surface area (Å²) >= 11 is 0. The topological polar surface area (TPSA) is 57.0 Å². The van der Waals surface area contributed by atoms with Gasteiger partial charge in [-0.25, -0.2) is 4.98 Å². The average molecular weight is 401 g/mol. The van der Waals surface area contributed by atoms with Crippen molar-refractivity contribution in [1.29, 1.82) is 0 Å². The van der Waals surface area contributed by atoms with Gasteiger partial charge in [0, 0.05) is 31.1 Å². The molecule has 0 spiro atoms. The van der Waals surface area contributed by atoms with Crippen molar-refractivity contribution in [1.82, 2.24) is 14.5 Å². The highest BCUT2D eigenvalue weighted by Crippen LogP contribution is 2.30. The van der Waals surface area contributed by atoms with Crippen LogP contribution < -0.4 is 0 Å². The number of ether oxygens (including phenoxy) is 1. The van der Waals surface area contributed by atoms with Gasteiger partial charge in [0.05, 0.1) is 24.9 Å². The number of carbonyl (C=O) groups is 1. The molecule has 3 heterocycles. The van der Waals surface area contributed by atoms with E-state index in [9.17, 15) is 18.0 Å². The molecule has 148 valence electrons. The van der Waals surface area contributed by atoms with Crippen LogP contribution in [0.3, 0.4) is 0 Å². The highest BCUT2D eigenvalue weighted by molar-refractivity contribution is 7.59. The lowest BCUT2D eigenvalue weighted by Gasteiger charge is -2.20. The second-order valence-electron chi connectivity index (χ2n) is 6.56. The molecule has 9 heteroatoms. The zero-order valence-corrected chi connectivity index (χ0v) is 15.9. The molecule has 2 atom stereocenters. The molecule has 1 aliphatic heterocycles. The molecule has 0 saturated carbocycles. The smallest absolute Gasteiger partial charge is 0.378 e. The van der Waals surface area contributed by atoms with Crippen molar-refractivity contribution < 1.29 is 22.7 Å². The molecule has 3 rings (SSSR count). The number of rotatable bonds is 6. The molecule has 0 aliphatic carbocycles. The fourth-order valence-electron chi connectivity index (χ4n) is 3.05. The Balaban J connectivity index is 0.00000261. The number of halogens is 3. The van der Waals surface area contributed by atoms with Crippen LogP contribution in [0.5, 0.6) is 0 Å². The van der Waals surface area contributed by atoms with E-state index in [1.165, 1.54) is 4.57 Å². The maximum atomic E-state index is 12.9. The molecule has 27 heavy (non-hydrogen) atoms. The van der Waals surface area contributed by atoms with Crippen LogP contribution in [0.15, 0.2) is 30.9 Å². The van der Waals surface area contributed by atoms with Crippen LogP contribution in [0.25, 0.3) is 0 Å². The Morgan fingerprint density at radius 3 is 2.70 bits per heavy atom. The molecule has 1 aliphatic rings. The molecule has 1 fully saturated rings. The highest BCUT2D eigenvalue weighted by atomic mass is 32.1. The van der Waals surface area contributed by atoms with E-state index < -0.39 is 17.9 Å². The number of aryl methyl sites for hydroxylation is 1. The SMILES string of the molecule is Cc1ccc(CC(=O)[C@H](CC2CCCO2)n2cnc(C(F)(F)F)c2)nc1.S. The Bertz CT molecular complexity index is 756. The van der Waals surface area contributed by atoms with Crippen LogP contribution in [-0.4, -0.2) is 33.0 Å². The molecule has 2 aromatic heterocycles. The van der Waals surface area contributed by atoms with Gasteiger partial charge in [-0.3, -0.25) is 9.78 Å². The first-order chi connectivity index (χ1) is 12.3. The van der Waals surface area contributed by atoms with E-state index in [2.05, 4.69) is 9.97 Å². The Kier molecular flexibility index (Phi) is 7.05. The van der Waals surface area contributed by atoms with E-state index in [1.54, 1.807) is 12.3 Å². The number of alkyl halides is 3. The van der Waals surface area contributed by atoms with Crippen LogP contribution in [-0.2, 0) is 22.1 Å². The van der Waals surface area contributed by atoms with Gasteiger partial charge in [0.15, 0.2) is 11.5 Å². The van der Waals surface area contributed by atoms with Crippen molar-refractivity contribution in [2.24, 2.45) is 0 Å². The number of hydrogen-bond donors (Lipinski definition) is 0. The van der Waals surface area contributed by atoms with Crippen molar-refractivity contribution in [2.75, 3.05) is 6.61 Å². The van der Waals surface area contributed by atoms with Gasteiger partial charge in [-0.05, 0) is 31.4 Å². The summed E-state index contributed by atoms with van der Waals surface area (Å²) in [7, 11) is 0. The molecule has 1 saturated heterocycles. The summed E-state index contributed by atoms with van der Waals surface area (Å²) in [4.78, 5) is 20.4. The van der Waals surface area contributed by atoms with Crippen molar-refractivity contribution in [2.45, 2.75) is 50.9 Å². The van der Waals surface area contributed by atoms with Crippen LogP contribution >= 0.6 is 13.5 Å². The van der Waals surface area contributed by atoms with E-state index in [4.69, 9.17) is 4.74 Å². The zero-order valence-electron chi connectivity index (χ0n) is 14.9. The molecule has 0 bridgehead atoms. The minimum Gasteiger partial charge on any atom is -0.378 e. The number of aromatic nitrogens is 3. The maximum absolute atomic E-state index is 12.9. The fourth-order valence-corrected chi connectivity index (χ4v) is 3.05. The molecule has 1 unspecified atom stereocenters. The molecule has 2 aromatic rings. The minimum absolute atomic E-state index is 0. The second kappa shape index (κ2) is 8.88. The maximum Gasteiger partial charge on any atom is 0.434 e. The normalized spacial score (nSPS) is 18.1. The Hall–Kier alpha value is -1.87. The lowest BCUT2D eigenvalue weighted by Crippen LogP contribution is -2.25. The van der Waals surface area contributed by atoms with Crippen molar-refractivity contribution in [3.63, 3.8) is 0 Å². The standard InChI is InChI=1S/C18H20F3N3O2.H2S/c1-12-4-5-13(22-9-12)7-16(25)15(8-14-3-2-6-26-14)24-10-17(23-11-24)18(19,20)21;/h4-5,9-11,14-15H,2-3,6-8H2,1H3;1H2/t14?,15-;/m0./s1. The summed E-state index contributed by atoms with van der Waals surface area (Å²) < 4.78 is 45.4. The first-order valence-corrected chi connectivity index (χ1v) is 8.49. The molecular weight excluding hydrogens is 379 g/mol. The fraction of sp³-hybridized carbons (Fsp3) is 0.500. The van der Waals surface area contributed by atoms with Crippen LogP contribution in [0.4, 0.5) is 13.2 Å². The summed E-state index contributed by atoms with van der Waals surface area (Å²) in [6.45, 7) is 2.51. The minimum atomic E-state index is -4.54. The average Bonchev–Trinajstić information content (AvgIpc) is 3.25. The van der Waals surface area contributed by atoms with Gasteiger partial charge in [0.1, 0.15) is 0 Å². The van der Waals surface area contributed by atoms with Crippen molar-refractivity contribution >= 4 is 19.3 Å². The summed E-state index contributed by atoms with van der Waals surface area (Å²) in [5.74, 6) is -0.206. The third-order valence-electron chi connectivity index (χ3n) is 4.46. The predicted octanol–water partition coefficient (Wildman–Crippen LogP) is 3.64. The molecule has 0 amide bonds. The van der Waals surface area contributed by atoms with Gasteiger partial charge < -0.3 is 9.30 Å². The molecule has 0 aromatic carbocycles. The number of imidazole rings is 1. The second-order valence-corrected chi connectivity index (χ2v) is 6.56. The monoisotopic (exact) mass is 401 g/mol. The Morgan fingerprint density at radius 2 is 2.15 bits per heavy atom. The highest BCUT2D eigenvalue weighted by Gasteiger charge is 2.35. The van der Waals surface area contributed by atoms with E-state index in [0.29, 0.717) is 18.7 Å². The summed E-state index contributed by atoms with van der Waals surface area (Å²) in [5, 5.41) is 0. The number of hydrogen-bond acceptors (Lipinski definition) is 4. The lowest BCUT2D eigenvalue weighted by molar-refractivity contribution is -0.141. The number of pyridine rings is 1. The zero-order chi connectivity index (χ0) is 18.7. The predicted molar refractivity (Wildman–Crippen MR) is 97.9 cm³/mol. The van der Waals surface area contributed by atoms with Gasteiger partial charge in [0.25, 0.3) is 0 Å². The quantitative estimate of drug-likeness (QED) is 0.742. The van der Waals surface area contributed by atoms with Crippen LogP contribution in [0.1, 0.15) is 42.3 Å². The van der Waals surface area contributed by atoms with E-state index >= 15 is 0 Å². The Labute approximate surface area is 162 Å². The van der Waals surface area contributed by atoms with Crippen LogP contribution in [0.2, 0.25) is 0 Å². The lowest BCUT2D eigenvalue weighted by atomic mass is 9.99. The first-order valence-electron chi connectivity index (χ1n) is 8.49. The van der Waals surface area contributed by atoms with Gasteiger partial charge >= 0.3 is 6.18 Å². The molecule has 5 nitrogen and oxygen atoms in total. The van der Waals surface area contributed by atoms with Gasteiger partial charge in [-0.15, -0.1) is 0 Å². The largest absolute Gasteiger partial charge is 0.434 e. The van der Waals surface area contributed by atoms with Crippen molar-refractivity contribution in [3.05, 3.63) is 47.8 Å². The van der Waals surface area contributed by atoms with E-state index in [-0.39, 0.29) is 31.8 Å². The molecule has 0 radical (unpaired) electrons. The third kappa shape index (κ3) is 5.55. The van der Waals surface area contributed by atoms with Crippen molar-refractivity contribution in [3.8, 4) is 0 Å². The first kappa shape index (κ1) is 21.4. The van der Waals surface area contributed by atoms with Gasteiger partial charge in [-0.2, -0.15) is 26.7 Å². The Morgan fingerprint density at radius 1 is 1.37 bits per heavy atom. The van der Waals surface area contributed by atoms with Gasteiger partial charge in [0.2, 0.25) is 0 Å². The molecular formula is C18H22F3N3O2S. The van der Waals surface area contributed by atoms with E-state index in [0.717, 1.165) is 30.9 Å². The van der Waals surface area contributed by atoms with Crippen LogP contribution in [0, 0.1) is 6.92 Å².